The second kappa shape index (κ2) is 6.47. The van der Waals surface area contributed by atoms with Gasteiger partial charge in [-0.25, -0.2) is 0 Å². The van der Waals surface area contributed by atoms with Crippen molar-refractivity contribution in [1.82, 2.24) is 4.90 Å². The Morgan fingerprint density at radius 2 is 2.10 bits per heavy atom. The average Bonchev–Trinajstić information content (AvgIpc) is 2.37. The number of carboxylic acids is 1. The molecule has 0 saturated carbocycles. The first-order valence-corrected chi connectivity index (χ1v) is 6.45. The number of benzene rings is 1. The van der Waals surface area contributed by atoms with Gasteiger partial charge in [0.2, 0.25) is 0 Å². The number of hydrogen-bond donors (Lipinski definition) is 1. The molecule has 0 saturated heterocycles. The number of aliphatic carboxylic acids is 1. The Kier molecular flexibility index (Phi) is 5.20. The maximum absolute atomic E-state index is 12.1. The van der Waals surface area contributed by atoms with Crippen LogP contribution in [-0.2, 0) is 4.79 Å². The first-order chi connectivity index (χ1) is 9.23. The van der Waals surface area contributed by atoms with Crippen molar-refractivity contribution in [1.29, 1.82) is 0 Å². The van der Waals surface area contributed by atoms with Crippen LogP contribution in [-0.4, -0.2) is 40.4 Å². The highest BCUT2D eigenvalue weighted by Crippen LogP contribution is 2.26. The van der Waals surface area contributed by atoms with Gasteiger partial charge in [-0.2, -0.15) is 0 Å². The molecule has 0 heterocycles. The zero-order valence-corrected chi connectivity index (χ0v) is 12.5. The van der Waals surface area contributed by atoms with Gasteiger partial charge in [-0.3, -0.25) is 19.7 Å². The monoisotopic (exact) mass is 344 g/mol. The predicted octanol–water partition coefficient (Wildman–Crippen LogP) is 2.15. The lowest BCUT2D eigenvalue weighted by Gasteiger charge is -2.19. The molecule has 1 N–H and O–H groups in total. The van der Waals surface area contributed by atoms with Gasteiger partial charge in [-0.1, -0.05) is 6.92 Å². The van der Waals surface area contributed by atoms with E-state index in [1.165, 1.54) is 31.0 Å². The molecule has 0 radical (unpaired) electrons. The second-order valence-corrected chi connectivity index (χ2v) is 5.20. The molecule has 1 unspecified atom stereocenters. The van der Waals surface area contributed by atoms with Crippen molar-refractivity contribution in [3.05, 3.63) is 38.3 Å². The molecule has 1 aromatic carbocycles. The Hall–Kier alpha value is -1.96. The molecule has 0 aliphatic rings. The van der Waals surface area contributed by atoms with E-state index in [2.05, 4.69) is 15.9 Å². The normalized spacial score (nSPS) is 11.8. The first kappa shape index (κ1) is 16.1. The number of carbonyl (C=O) groups excluding carboxylic acids is 1. The van der Waals surface area contributed by atoms with Crippen LogP contribution < -0.4 is 0 Å². The van der Waals surface area contributed by atoms with Crippen molar-refractivity contribution in [2.45, 2.75) is 6.92 Å². The maximum Gasteiger partial charge on any atom is 0.308 e. The lowest BCUT2D eigenvalue weighted by Crippen LogP contribution is -2.33. The van der Waals surface area contributed by atoms with Crippen molar-refractivity contribution >= 4 is 33.5 Å². The Morgan fingerprint density at radius 3 is 2.60 bits per heavy atom. The number of hydrogen-bond acceptors (Lipinski definition) is 4. The van der Waals surface area contributed by atoms with Crippen LogP contribution in [0.5, 0.6) is 0 Å². The van der Waals surface area contributed by atoms with E-state index in [1.807, 2.05) is 0 Å². The van der Waals surface area contributed by atoms with Crippen LogP contribution in [0.25, 0.3) is 0 Å². The standard InChI is InChI=1S/C12H13BrN2O5/c1-7(12(17)18)6-14(2)11(16)8-3-4-9(13)10(5-8)15(19)20/h3-5,7H,6H2,1-2H3,(H,17,18). The number of carbonyl (C=O) groups is 2. The molecule has 8 heteroatoms. The molecule has 0 aliphatic carbocycles. The van der Waals surface area contributed by atoms with Crippen LogP contribution in [0.3, 0.4) is 0 Å². The fraction of sp³-hybridized carbons (Fsp3) is 0.333. The molecule has 1 atom stereocenters. The van der Waals surface area contributed by atoms with E-state index in [9.17, 15) is 19.7 Å². The summed E-state index contributed by atoms with van der Waals surface area (Å²) in [6.07, 6.45) is 0. The van der Waals surface area contributed by atoms with Crippen molar-refractivity contribution in [3.8, 4) is 0 Å². The summed E-state index contributed by atoms with van der Waals surface area (Å²) in [5.41, 5.74) is -0.0736. The molecular weight excluding hydrogens is 332 g/mol. The maximum atomic E-state index is 12.1. The number of amides is 1. The van der Waals surface area contributed by atoms with Gasteiger partial charge in [-0.05, 0) is 28.1 Å². The second-order valence-electron chi connectivity index (χ2n) is 4.35. The predicted molar refractivity (Wildman–Crippen MR) is 74.6 cm³/mol. The number of nitro groups is 1. The number of nitrogens with zero attached hydrogens (tertiary/aromatic N) is 2. The molecule has 108 valence electrons. The van der Waals surface area contributed by atoms with Crippen molar-refractivity contribution in [2.75, 3.05) is 13.6 Å². The highest BCUT2D eigenvalue weighted by Gasteiger charge is 2.21. The summed E-state index contributed by atoms with van der Waals surface area (Å²) >= 11 is 3.03. The van der Waals surface area contributed by atoms with E-state index < -0.39 is 22.7 Å². The summed E-state index contributed by atoms with van der Waals surface area (Å²) in [6.45, 7) is 1.51. The van der Waals surface area contributed by atoms with Gasteiger partial charge < -0.3 is 10.0 Å². The Bertz CT molecular complexity index is 561. The van der Waals surface area contributed by atoms with Crippen LogP contribution in [0.1, 0.15) is 17.3 Å². The lowest BCUT2D eigenvalue weighted by molar-refractivity contribution is -0.385. The van der Waals surface area contributed by atoms with E-state index in [1.54, 1.807) is 0 Å². The van der Waals surface area contributed by atoms with Gasteiger partial charge in [0.1, 0.15) is 0 Å². The van der Waals surface area contributed by atoms with Gasteiger partial charge in [-0.15, -0.1) is 0 Å². The third kappa shape index (κ3) is 3.77. The van der Waals surface area contributed by atoms with Crippen molar-refractivity contribution in [3.63, 3.8) is 0 Å². The van der Waals surface area contributed by atoms with Crippen LogP contribution in [0.2, 0.25) is 0 Å². The largest absolute Gasteiger partial charge is 0.481 e. The molecule has 1 aromatic rings. The number of rotatable bonds is 5. The molecule has 1 amide bonds. The summed E-state index contributed by atoms with van der Waals surface area (Å²) in [6, 6.07) is 4.02. The Labute approximate surface area is 123 Å². The minimum absolute atomic E-state index is 0.0258. The third-order valence-corrected chi connectivity index (χ3v) is 3.38. The molecule has 7 nitrogen and oxygen atoms in total. The molecule has 0 aromatic heterocycles. The molecule has 1 rings (SSSR count). The molecule has 0 aliphatic heterocycles. The number of halogens is 1. The minimum Gasteiger partial charge on any atom is -0.481 e. The fourth-order valence-electron chi connectivity index (χ4n) is 1.58. The molecule has 0 fully saturated rings. The fourth-order valence-corrected chi connectivity index (χ4v) is 1.97. The Balaban J connectivity index is 2.95. The topological polar surface area (TPSA) is 101 Å². The van der Waals surface area contributed by atoms with E-state index >= 15 is 0 Å². The first-order valence-electron chi connectivity index (χ1n) is 5.66. The smallest absolute Gasteiger partial charge is 0.308 e. The van der Waals surface area contributed by atoms with Crippen LogP contribution in [0.15, 0.2) is 22.7 Å². The number of carboxylic acid groups (broad SMARTS) is 1. The summed E-state index contributed by atoms with van der Waals surface area (Å²) in [4.78, 5) is 34.3. The SMILES string of the molecule is CC(CN(C)C(=O)c1ccc(Br)c([N+](=O)[O-])c1)C(=O)O. The lowest BCUT2D eigenvalue weighted by atomic mass is 10.1. The van der Waals surface area contributed by atoms with E-state index in [4.69, 9.17) is 5.11 Å². The zero-order chi connectivity index (χ0) is 15.4. The molecule has 0 spiro atoms. The summed E-state index contributed by atoms with van der Waals surface area (Å²) in [5.74, 6) is -2.19. The summed E-state index contributed by atoms with van der Waals surface area (Å²) < 4.78 is 0.278. The highest BCUT2D eigenvalue weighted by molar-refractivity contribution is 9.10. The third-order valence-electron chi connectivity index (χ3n) is 2.71. The van der Waals surface area contributed by atoms with Crippen molar-refractivity contribution in [2.24, 2.45) is 5.92 Å². The molecule has 20 heavy (non-hydrogen) atoms. The van der Waals surface area contributed by atoms with Crippen molar-refractivity contribution < 1.29 is 19.6 Å². The highest BCUT2D eigenvalue weighted by atomic mass is 79.9. The summed E-state index contributed by atoms with van der Waals surface area (Å²) in [5, 5.41) is 19.6. The van der Waals surface area contributed by atoms with E-state index in [0.29, 0.717) is 0 Å². The zero-order valence-electron chi connectivity index (χ0n) is 10.9. The van der Waals surface area contributed by atoms with Gasteiger partial charge in [0.05, 0.1) is 15.3 Å². The van der Waals surface area contributed by atoms with Crippen LogP contribution in [0, 0.1) is 16.0 Å². The van der Waals surface area contributed by atoms with Crippen LogP contribution >= 0.6 is 15.9 Å². The van der Waals surface area contributed by atoms with Gasteiger partial charge >= 0.3 is 5.97 Å². The summed E-state index contributed by atoms with van der Waals surface area (Å²) in [7, 11) is 1.45. The van der Waals surface area contributed by atoms with Gasteiger partial charge in [0, 0.05) is 25.2 Å². The average molecular weight is 345 g/mol. The van der Waals surface area contributed by atoms with Crippen LogP contribution in [0.4, 0.5) is 5.69 Å². The van der Waals surface area contributed by atoms with Gasteiger partial charge in [0.15, 0.2) is 0 Å². The number of nitro benzene ring substituents is 1. The molecule has 0 bridgehead atoms. The quantitative estimate of drug-likeness (QED) is 0.651. The molecular formula is C12H13BrN2O5. The van der Waals surface area contributed by atoms with E-state index in [0.717, 1.165) is 6.07 Å². The minimum atomic E-state index is -1.01. The van der Waals surface area contributed by atoms with Gasteiger partial charge in [0.25, 0.3) is 11.6 Å². The Morgan fingerprint density at radius 1 is 1.50 bits per heavy atom. The van der Waals surface area contributed by atoms with E-state index in [-0.39, 0.29) is 22.3 Å².